The topological polar surface area (TPSA) is 29.4 Å². The third-order valence-electron chi connectivity index (χ3n) is 1.65. The monoisotopic (exact) mass is 205 g/mol. The molecule has 0 amide bonds. The van der Waals surface area contributed by atoms with Crippen LogP contribution in [-0.2, 0) is 9.73 Å². The van der Waals surface area contributed by atoms with Gasteiger partial charge in [0.05, 0.1) is 14.6 Å². The van der Waals surface area contributed by atoms with Crippen molar-refractivity contribution >= 4 is 9.73 Å². The summed E-state index contributed by atoms with van der Waals surface area (Å²) in [5.41, 5.74) is 0. The first kappa shape index (κ1) is 10.1. The average molecular weight is 205 g/mol. The Morgan fingerprint density at radius 2 is 2.00 bits per heavy atom. The highest BCUT2D eigenvalue weighted by molar-refractivity contribution is 7.93. The lowest BCUT2D eigenvalue weighted by Gasteiger charge is -2.03. The summed E-state index contributed by atoms with van der Waals surface area (Å²) in [5.74, 6) is -1.51. The predicted octanol–water partition coefficient (Wildman–Crippen LogP) is 2.05. The molecule has 13 heavy (non-hydrogen) atoms. The molecule has 1 unspecified atom stereocenters. The van der Waals surface area contributed by atoms with Gasteiger partial charge in [0.1, 0.15) is 11.6 Å². The van der Waals surface area contributed by atoms with Gasteiger partial charge in [0.25, 0.3) is 0 Å². The fraction of sp³-hybridized carbons (Fsp3) is 0.250. The van der Waals surface area contributed by atoms with E-state index >= 15 is 0 Å². The van der Waals surface area contributed by atoms with Gasteiger partial charge in [-0.2, -0.15) is 0 Å². The fourth-order valence-electron chi connectivity index (χ4n) is 0.881. The molecule has 1 atom stereocenters. The Morgan fingerprint density at radius 3 is 2.46 bits per heavy atom. The molecule has 72 valence electrons. The van der Waals surface area contributed by atoms with E-state index in [0.29, 0.717) is 6.07 Å². The summed E-state index contributed by atoms with van der Waals surface area (Å²) in [5, 5.41) is 0. The minimum absolute atomic E-state index is 0.0589. The van der Waals surface area contributed by atoms with Crippen molar-refractivity contribution in [1.82, 2.24) is 0 Å². The van der Waals surface area contributed by atoms with Crippen LogP contribution >= 0.6 is 0 Å². The predicted molar refractivity (Wildman–Crippen MR) is 47.0 cm³/mol. The van der Waals surface area contributed by atoms with E-state index in [4.69, 9.17) is 0 Å². The Balaban J connectivity index is 3.42. The highest BCUT2D eigenvalue weighted by Crippen LogP contribution is 2.16. The molecule has 0 spiro atoms. The highest BCUT2D eigenvalue weighted by atomic mass is 32.2. The molecule has 5 heteroatoms. The molecule has 0 saturated heterocycles. The maximum absolute atomic E-state index is 13.1. The van der Waals surface area contributed by atoms with Crippen molar-refractivity contribution in [2.75, 3.05) is 13.3 Å². The van der Waals surface area contributed by atoms with Crippen molar-refractivity contribution in [3.63, 3.8) is 0 Å². The van der Waals surface area contributed by atoms with Crippen molar-refractivity contribution in [1.29, 1.82) is 0 Å². The molecule has 0 radical (unpaired) electrons. The molecule has 0 aliphatic heterocycles. The van der Waals surface area contributed by atoms with Crippen LogP contribution in [0.4, 0.5) is 8.78 Å². The summed E-state index contributed by atoms with van der Waals surface area (Å²) in [7, 11) is -1.37. The Hall–Kier alpha value is -0.970. The molecular weight excluding hydrogens is 196 g/mol. The van der Waals surface area contributed by atoms with Gasteiger partial charge < -0.3 is 0 Å². The molecule has 0 fully saturated rings. The summed E-state index contributed by atoms with van der Waals surface area (Å²) < 4.78 is 40.6. The number of hydrogen-bond donors (Lipinski definition) is 0. The number of hydrogen-bond acceptors (Lipinski definition) is 2. The smallest absolute Gasteiger partial charge is 0.143 e. The number of rotatable bonds is 1. The van der Waals surface area contributed by atoms with Crippen LogP contribution in [0.25, 0.3) is 0 Å². The van der Waals surface area contributed by atoms with Gasteiger partial charge in [0.15, 0.2) is 0 Å². The van der Waals surface area contributed by atoms with Crippen LogP contribution < -0.4 is 0 Å². The van der Waals surface area contributed by atoms with Gasteiger partial charge in [-0.05, 0) is 12.1 Å². The molecular formula is C8H9F2NOS. The molecule has 0 N–H and O–H groups in total. The summed E-state index contributed by atoms with van der Waals surface area (Å²) in [6, 6.07) is 2.91. The third kappa shape index (κ3) is 2.03. The van der Waals surface area contributed by atoms with E-state index in [9.17, 15) is 13.0 Å². The first-order chi connectivity index (χ1) is 5.97. The lowest BCUT2D eigenvalue weighted by atomic mass is 10.3. The molecule has 0 heterocycles. The second kappa shape index (κ2) is 3.41. The quantitative estimate of drug-likeness (QED) is 0.690. The second-order valence-electron chi connectivity index (χ2n) is 2.56. The molecule has 0 aliphatic carbocycles. The van der Waals surface area contributed by atoms with E-state index < -0.39 is 21.4 Å². The summed E-state index contributed by atoms with van der Waals surface area (Å²) in [4.78, 5) is -0.0589. The number of nitrogens with zero attached hydrogens (tertiary/aromatic N) is 1. The minimum atomic E-state index is -2.71. The maximum Gasteiger partial charge on any atom is 0.143 e. The second-order valence-corrected chi connectivity index (χ2v) is 4.97. The van der Waals surface area contributed by atoms with Crippen molar-refractivity contribution in [3.8, 4) is 0 Å². The molecule has 1 rings (SSSR count). The first-order valence-electron chi connectivity index (χ1n) is 3.52. The van der Waals surface area contributed by atoms with Crippen molar-refractivity contribution in [2.45, 2.75) is 4.90 Å². The highest BCUT2D eigenvalue weighted by Gasteiger charge is 2.11. The van der Waals surface area contributed by atoms with E-state index in [1.807, 2.05) is 0 Å². The zero-order chi connectivity index (χ0) is 10.1. The largest absolute Gasteiger partial charge is 0.245 e. The molecule has 0 aliphatic rings. The van der Waals surface area contributed by atoms with E-state index in [-0.39, 0.29) is 4.90 Å². The van der Waals surface area contributed by atoms with Crippen LogP contribution in [0.2, 0.25) is 0 Å². The average Bonchev–Trinajstić information content (AvgIpc) is 2.03. The molecule has 0 bridgehead atoms. The van der Waals surface area contributed by atoms with Gasteiger partial charge in [-0.1, -0.05) is 0 Å². The molecule has 2 nitrogen and oxygen atoms in total. The summed E-state index contributed by atoms with van der Waals surface area (Å²) in [6.45, 7) is 0. The number of benzene rings is 1. The normalized spacial score (nSPS) is 15.1. The fourth-order valence-corrected chi connectivity index (χ4v) is 1.82. The Morgan fingerprint density at radius 1 is 1.38 bits per heavy atom. The van der Waals surface area contributed by atoms with Crippen LogP contribution in [-0.4, -0.2) is 17.5 Å². The van der Waals surface area contributed by atoms with E-state index in [2.05, 4.69) is 4.36 Å². The third-order valence-corrected chi connectivity index (χ3v) is 3.49. The van der Waals surface area contributed by atoms with E-state index in [1.165, 1.54) is 13.3 Å². The van der Waals surface area contributed by atoms with Crippen molar-refractivity contribution < 1.29 is 13.0 Å². The number of halogens is 2. The van der Waals surface area contributed by atoms with Crippen molar-refractivity contribution in [2.24, 2.45) is 4.36 Å². The van der Waals surface area contributed by atoms with Gasteiger partial charge in [-0.3, -0.25) is 0 Å². The van der Waals surface area contributed by atoms with Crippen LogP contribution in [0.15, 0.2) is 27.5 Å². The maximum atomic E-state index is 13.1. The minimum Gasteiger partial charge on any atom is -0.245 e. The standard InChI is InChI=1S/C8H9F2NOS/c1-11-13(2,12)8-4-3-6(9)5-7(8)10/h3-5H,1-2H3. The van der Waals surface area contributed by atoms with Crippen molar-refractivity contribution in [3.05, 3.63) is 29.8 Å². The van der Waals surface area contributed by atoms with Gasteiger partial charge >= 0.3 is 0 Å². The first-order valence-corrected chi connectivity index (χ1v) is 5.45. The Bertz CT molecular complexity index is 436. The molecule has 1 aromatic rings. The SMILES string of the molecule is CN=S(C)(=O)c1ccc(F)cc1F. The van der Waals surface area contributed by atoms with Gasteiger partial charge in [0, 0.05) is 19.4 Å². The lowest BCUT2D eigenvalue weighted by Crippen LogP contribution is -2.00. The van der Waals surface area contributed by atoms with Crippen LogP contribution in [0.5, 0.6) is 0 Å². The van der Waals surface area contributed by atoms with E-state index in [1.54, 1.807) is 0 Å². The molecule has 1 aromatic carbocycles. The van der Waals surface area contributed by atoms with Gasteiger partial charge in [-0.15, -0.1) is 0 Å². The Labute approximate surface area is 75.8 Å². The van der Waals surface area contributed by atoms with Gasteiger partial charge in [0.2, 0.25) is 0 Å². The summed E-state index contributed by atoms with van der Waals surface area (Å²) >= 11 is 0. The lowest BCUT2D eigenvalue weighted by molar-refractivity contribution is 0.562. The van der Waals surface area contributed by atoms with Gasteiger partial charge in [-0.25, -0.2) is 17.4 Å². The zero-order valence-corrected chi connectivity index (χ0v) is 8.07. The van der Waals surface area contributed by atoms with Crippen LogP contribution in [0, 0.1) is 11.6 Å². The summed E-state index contributed by atoms with van der Waals surface area (Å²) in [6.07, 6.45) is 1.31. The molecule has 0 saturated carbocycles. The van der Waals surface area contributed by atoms with E-state index in [0.717, 1.165) is 12.1 Å². The van der Waals surface area contributed by atoms with Crippen LogP contribution in [0.1, 0.15) is 0 Å². The zero-order valence-electron chi connectivity index (χ0n) is 7.25. The van der Waals surface area contributed by atoms with Crippen LogP contribution in [0.3, 0.4) is 0 Å². The molecule has 0 aromatic heterocycles. The Kier molecular flexibility index (Phi) is 2.66.